The van der Waals surface area contributed by atoms with E-state index in [1.54, 1.807) is 6.08 Å². The first-order valence-corrected chi connectivity index (χ1v) is 5.17. The maximum atomic E-state index is 10.1. The van der Waals surface area contributed by atoms with Crippen LogP contribution in [0, 0.1) is 0 Å². The molecule has 0 fully saturated rings. The van der Waals surface area contributed by atoms with Crippen molar-refractivity contribution in [3.05, 3.63) is 34.3 Å². The molecule has 1 heterocycles. The van der Waals surface area contributed by atoms with Crippen LogP contribution in [-0.2, 0) is 4.79 Å². The SMILES string of the molecule is O=CC=Cc1ccc2nc(Cl)sc2c1. The lowest BCUT2D eigenvalue weighted by Crippen LogP contribution is -1.72. The van der Waals surface area contributed by atoms with Crippen LogP contribution < -0.4 is 0 Å². The molecule has 70 valence electrons. The zero-order valence-electron chi connectivity index (χ0n) is 7.11. The quantitative estimate of drug-likeness (QED) is 0.578. The number of aldehydes is 1. The smallest absolute Gasteiger partial charge is 0.184 e. The van der Waals surface area contributed by atoms with Crippen molar-refractivity contribution in [2.75, 3.05) is 0 Å². The number of fused-ring (bicyclic) bond motifs is 1. The Morgan fingerprint density at radius 2 is 2.29 bits per heavy atom. The van der Waals surface area contributed by atoms with Gasteiger partial charge in [-0.25, -0.2) is 4.98 Å². The minimum Gasteiger partial charge on any atom is -0.299 e. The summed E-state index contributed by atoms with van der Waals surface area (Å²) in [4.78, 5) is 14.3. The molecule has 0 spiro atoms. The lowest BCUT2D eigenvalue weighted by molar-refractivity contribution is -0.104. The maximum Gasteiger partial charge on any atom is 0.184 e. The topological polar surface area (TPSA) is 30.0 Å². The maximum absolute atomic E-state index is 10.1. The molecule has 0 unspecified atom stereocenters. The molecular formula is C10H6ClNOS. The van der Waals surface area contributed by atoms with Gasteiger partial charge in [0.2, 0.25) is 0 Å². The second-order valence-corrected chi connectivity index (χ2v) is 4.30. The fraction of sp³-hybridized carbons (Fsp3) is 0. The summed E-state index contributed by atoms with van der Waals surface area (Å²) >= 11 is 7.20. The highest BCUT2D eigenvalue weighted by Gasteiger charge is 2.00. The fourth-order valence-corrected chi connectivity index (χ4v) is 2.25. The Morgan fingerprint density at radius 1 is 1.43 bits per heavy atom. The van der Waals surface area contributed by atoms with E-state index in [0.29, 0.717) is 4.47 Å². The highest BCUT2D eigenvalue weighted by Crippen LogP contribution is 2.26. The van der Waals surface area contributed by atoms with Crippen molar-refractivity contribution in [1.29, 1.82) is 0 Å². The molecular weight excluding hydrogens is 218 g/mol. The van der Waals surface area contributed by atoms with Gasteiger partial charge in [0.25, 0.3) is 0 Å². The van der Waals surface area contributed by atoms with Crippen molar-refractivity contribution in [2.45, 2.75) is 0 Å². The van der Waals surface area contributed by atoms with Crippen LogP contribution in [0.15, 0.2) is 24.3 Å². The first-order valence-electron chi connectivity index (χ1n) is 3.97. The first kappa shape index (κ1) is 9.37. The molecule has 2 aromatic rings. The van der Waals surface area contributed by atoms with Crippen molar-refractivity contribution in [1.82, 2.24) is 4.98 Å². The van der Waals surface area contributed by atoms with Crippen LogP contribution >= 0.6 is 22.9 Å². The lowest BCUT2D eigenvalue weighted by atomic mass is 10.2. The highest BCUT2D eigenvalue weighted by molar-refractivity contribution is 7.22. The molecule has 0 aliphatic heterocycles. The zero-order valence-corrected chi connectivity index (χ0v) is 8.68. The minimum absolute atomic E-state index is 0.538. The average molecular weight is 224 g/mol. The molecule has 1 aromatic heterocycles. The Labute approximate surface area is 89.8 Å². The molecule has 2 nitrogen and oxygen atoms in total. The van der Waals surface area contributed by atoms with Crippen LogP contribution in [0.3, 0.4) is 0 Å². The zero-order chi connectivity index (χ0) is 9.97. The third-order valence-corrected chi connectivity index (χ3v) is 2.88. The Morgan fingerprint density at radius 3 is 3.07 bits per heavy atom. The van der Waals surface area contributed by atoms with Crippen LogP contribution in [0.4, 0.5) is 0 Å². The summed E-state index contributed by atoms with van der Waals surface area (Å²) in [6, 6.07) is 5.75. The third kappa shape index (κ3) is 1.84. The van der Waals surface area contributed by atoms with Gasteiger partial charge in [-0.1, -0.05) is 23.7 Å². The summed E-state index contributed by atoms with van der Waals surface area (Å²) in [6.07, 6.45) is 3.97. The second-order valence-electron chi connectivity index (χ2n) is 2.69. The number of hydrogen-bond donors (Lipinski definition) is 0. The molecule has 0 amide bonds. The number of carbonyl (C=O) groups excluding carboxylic acids is 1. The molecule has 0 N–H and O–H groups in total. The number of hydrogen-bond acceptors (Lipinski definition) is 3. The van der Waals surface area contributed by atoms with E-state index in [9.17, 15) is 4.79 Å². The largest absolute Gasteiger partial charge is 0.299 e. The van der Waals surface area contributed by atoms with E-state index >= 15 is 0 Å². The summed E-state index contributed by atoms with van der Waals surface area (Å²) < 4.78 is 1.57. The summed E-state index contributed by atoms with van der Waals surface area (Å²) in [6.45, 7) is 0. The molecule has 0 bridgehead atoms. The normalized spacial score (nSPS) is 11.2. The van der Waals surface area contributed by atoms with E-state index in [1.165, 1.54) is 17.4 Å². The first-order chi connectivity index (χ1) is 6.79. The number of nitrogens with zero attached hydrogens (tertiary/aromatic N) is 1. The van der Waals surface area contributed by atoms with Crippen LogP contribution in [-0.4, -0.2) is 11.3 Å². The Balaban J connectivity index is 2.50. The number of carbonyl (C=O) groups is 1. The van der Waals surface area contributed by atoms with Crippen LogP contribution in [0.1, 0.15) is 5.56 Å². The van der Waals surface area contributed by atoms with Gasteiger partial charge in [0.15, 0.2) is 4.47 Å². The van der Waals surface area contributed by atoms with Crippen LogP contribution in [0.5, 0.6) is 0 Å². The van der Waals surface area contributed by atoms with E-state index in [2.05, 4.69) is 4.98 Å². The number of thiazole rings is 1. The van der Waals surface area contributed by atoms with Gasteiger partial charge < -0.3 is 0 Å². The summed E-state index contributed by atoms with van der Waals surface area (Å²) in [7, 11) is 0. The molecule has 0 aliphatic carbocycles. The van der Waals surface area contributed by atoms with Gasteiger partial charge in [-0.15, -0.1) is 11.3 Å². The Bertz CT molecular complexity index is 504. The van der Waals surface area contributed by atoms with Crippen LogP contribution in [0.2, 0.25) is 4.47 Å². The van der Waals surface area contributed by atoms with E-state index in [1.807, 2.05) is 18.2 Å². The fourth-order valence-electron chi connectivity index (χ4n) is 1.17. The molecule has 0 aliphatic rings. The molecule has 2 rings (SSSR count). The van der Waals surface area contributed by atoms with Gasteiger partial charge in [-0.3, -0.25) is 4.79 Å². The number of aromatic nitrogens is 1. The molecule has 14 heavy (non-hydrogen) atoms. The second kappa shape index (κ2) is 3.90. The van der Waals surface area contributed by atoms with E-state index < -0.39 is 0 Å². The van der Waals surface area contributed by atoms with Crippen molar-refractivity contribution >= 4 is 45.5 Å². The van der Waals surface area contributed by atoms with Crippen LogP contribution in [0.25, 0.3) is 16.3 Å². The summed E-state index contributed by atoms with van der Waals surface area (Å²) in [5.74, 6) is 0. The number of rotatable bonds is 2. The number of halogens is 1. The molecule has 0 radical (unpaired) electrons. The highest BCUT2D eigenvalue weighted by atomic mass is 35.5. The van der Waals surface area contributed by atoms with Crippen molar-refractivity contribution < 1.29 is 4.79 Å². The third-order valence-electron chi connectivity index (χ3n) is 1.75. The van der Waals surface area contributed by atoms with Gasteiger partial charge in [0.05, 0.1) is 10.2 Å². The van der Waals surface area contributed by atoms with Gasteiger partial charge in [-0.05, 0) is 23.8 Å². The molecule has 0 saturated carbocycles. The Hall–Kier alpha value is -1.19. The van der Waals surface area contributed by atoms with Gasteiger partial charge >= 0.3 is 0 Å². The lowest BCUT2D eigenvalue weighted by Gasteiger charge is -1.91. The summed E-state index contributed by atoms with van der Waals surface area (Å²) in [5, 5.41) is 0. The van der Waals surface area contributed by atoms with Gasteiger partial charge in [-0.2, -0.15) is 0 Å². The summed E-state index contributed by atoms with van der Waals surface area (Å²) in [5.41, 5.74) is 1.87. The predicted octanol–water partition coefficient (Wildman–Crippen LogP) is 3.16. The molecule has 0 saturated heterocycles. The van der Waals surface area contributed by atoms with E-state index in [4.69, 9.17) is 11.6 Å². The average Bonchev–Trinajstić information content (AvgIpc) is 2.54. The van der Waals surface area contributed by atoms with E-state index in [0.717, 1.165) is 22.1 Å². The van der Waals surface area contributed by atoms with Crippen molar-refractivity contribution in [3.63, 3.8) is 0 Å². The minimum atomic E-state index is 0.538. The standard InChI is InChI=1S/C10H6ClNOS/c11-10-12-8-4-3-7(2-1-5-13)6-9(8)14-10/h1-6H. The van der Waals surface area contributed by atoms with E-state index in [-0.39, 0.29) is 0 Å². The predicted molar refractivity (Wildman–Crippen MR) is 59.7 cm³/mol. The monoisotopic (exact) mass is 223 g/mol. The van der Waals surface area contributed by atoms with Crippen molar-refractivity contribution in [3.8, 4) is 0 Å². The number of allylic oxidation sites excluding steroid dienone is 1. The Kier molecular flexibility index (Phi) is 2.61. The van der Waals surface area contributed by atoms with Gasteiger partial charge in [0, 0.05) is 0 Å². The number of benzene rings is 1. The molecule has 1 aromatic carbocycles. The van der Waals surface area contributed by atoms with Crippen molar-refractivity contribution in [2.24, 2.45) is 0 Å². The van der Waals surface area contributed by atoms with Gasteiger partial charge in [0.1, 0.15) is 6.29 Å². The molecule has 4 heteroatoms. The molecule has 0 atom stereocenters.